The molecule has 2 rings (SSSR count). The third-order valence-corrected chi connectivity index (χ3v) is 5.03. The number of halogens is 1. The summed E-state index contributed by atoms with van der Waals surface area (Å²) in [5.41, 5.74) is 3.01. The lowest BCUT2D eigenvalue weighted by Crippen LogP contribution is -2.50. The van der Waals surface area contributed by atoms with Crippen LogP contribution in [0.15, 0.2) is 48.5 Å². The summed E-state index contributed by atoms with van der Waals surface area (Å²) in [4.78, 5) is 27.8. The van der Waals surface area contributed by atoms with E-state index < -0.39 is 6.04 Å². The van der Waals surface area contributed by atoms with Crippen LogP contribution in [0.3, 0.4) is 0 Å². The molecule has 5 heteroatoms. The van der Waals surface area contributed by atoms with E-state index in [9.17, 15) is 9.59 Å². The predicted molar refractivity (Wildman–Crippen MR) is 119 cm³/mol. The van der Waals surface area contributed by atoms with Crippen LogP contribution in [0.1, 0.15) is 43.9 Å². The summed E-state index contributed by atoms with van der Waals surface area (Å²) in [6.07, 6.45) is 0.820. The van der Waals surface area contributed by atoms with Crippen LogP contribution >= 0.6 is 11.6 Å². The average Bonchev–Trinajstić information content (AvgIpc) is 2.67. The number of hydrogen-bond acceptors (Lipinski definition) is 2. The fraction of sp³-hybridized carbons (Fsp3) is 0.417. The third kappa shape index (κ3) is 7.21. The molecule has 156 valence electrons. The van der Waals surface area contributed by atoms with E-state index in [1.165, 1.54) is 0 Å². The molecule has 1 atom stereocenters. The maximum atomic E-state index is 13.3. The number of carbonyl (C=O) groups is 2. The third-order valence-electron chi connectivity index (χ3n) is 4.77. The van der Waals surface area contributed by atoms with Crippen LogP contribution in [0, 0.1) is 12.8 Å². The highest BCUT2D eigenvalue weighted by Gasteiger charge is 2.28. The number of amides is 2. The van der Waals surface area contributed by atoms with E-state index in [-0.39, 0.29) is 18.2 Å². The van der Waals surface area contributed by atoms with Crippen LogP contribution in [0.4, 0.5) is 0 Å². The molecular weight excluding hydrogens is 384 g/mol. The van der Waals surface area contributed by atoms with Crippen molar-refractivity contribution >= 4 is 23.4 Å². The molecule has 0 aliphatic heterocycles. The minimum atomic E-state index is -0.512. The molecule has 1 N–H and O–H groups in total. The Bertz CT molecular complexity index is 818. The molecule has 0 aliphatic carbocycles. The quantitative estimate of drug-likeness (QED) is 0.642. The Hall–Kier alpha value is -2.33. The van der Waals surface area contributed by atoms with Gasteiger partial charge < -0.3 is 10.2 Å². The lowest BCUT2D eigenvalue weighted by atomic mass is 10.0. The number of benzene rings is 2. The van der Waals surface area contributed by atoms with Crippen molar-refractivity contribution in [3.05, 3.63) is 70.2 Å². The molecule has 29 heavy (non-hydrogen) atoms. The van der Waals surface area contributed by atoms with Crippen molar-refractivity contribution in [2.75, 3.05) is 6.54 Å². The van der Waals surface area contributed by atoms with E-state index in [1.54, 1.807) is 17.0 Å². The molecule has 0 radical (unpaired) electrons. The van der Waals surface area contributed by atoms with Gasteiger partial charge in [-0.15, -0.1) is 0 Å². The van der Waals surface area contributed by atoms with Gasteiger partial charge in [-0.25, -0.2) is 0 Å². The zero-order valence-electron chi connectivity index (χ0n) is 17.7. The van der Waals surface area contributed by atoms with Crippen LogP contribution in [0.2, 0.25) is 5.02 Å². The van der Waals surface area contributed by atoms with E-state index in [1.807, 2.05) is 50.2 Å². The molecule has 0 saturated heterocycles. The topological polar surface area (TPSA) is 49.4 Å². The number of hydrogen-bond donors (Lipinski definition) is 1. The Kier molecular flexibility index (Phi) is 8.71. The molecule has 0 saturated carbocycles. The number of rotatable bonds is 9. The van der Waals surface area contributed by atoms with Gasteiger partial charge in [0.25, 0.3) is 0 Å². The van der Waals surface area contributed by atoms with Gasteiger partial charge in [-0.1, -0.05) is 74.3 Å². The van der Waals surface area contributed by atoms with E-state index in [4.69, 9.17) is 11.6 Å². The molecule has 0 bridgehead atoms. The number of nitrogens with one attached hydrogen (secondary N) is 1. The average molecular weight is 415 g/mol. The summed E-state index contributed by atoms with van der Waals surface area (Å²) in [6.45, 7) is 9.01. The summed E-state index contributed by atoms with van der Waals surface area (Å²) < 4.78 is 0. The second-order valence-electron chi connectivity index (χ2n) is 7.88. The number of nitrogens with zero attached hydrogens (tertiary/aromatic N) is 1. The van der Waals surface area contributed by atoms with E-state index >= 15 is 0 Å². The van der Waals surface area contributed by atoms with E-state index in [2.05, 4.69) is 19.2 Å². The SMILES string of the molecule is CC[C@@H](C(=O)NCC(C)C)N(Cc1ccc(Cl)cc1)C(=O)Cc1cccc(C)c1. The van der Waals surface area contributed by atoms with Gasteiger partial charge in [0, 0.05) is 18.1 Å². The van der Waals surface area contributed by atoms with Gasteiger partial charge in [-0.3, -0.25) is 9.59 Å². The van der Waals surface area contributed by atoms with Crippen molar-refractivity contribution in [3.63, 3.8) is 0 Å². The van der Waals surface area contributed by atoms with Crippen molar-refractivity contribution in [1.82, 2.24) is 10.2 Å². The lowest BCUT2D eigenvalue weighted by Gasteiger charge is -2.31. The molecule has 0 heterocycles. The van der Waals surface area contributed by atoms with Crippen LogP contribution in [-0.4, -0.2) is 29.3 Å². The van der Waals surface area contributed by atoms with E-state index in [0.29, 0.717) is 30.5 Å². The normalized spacial score (nSPS) is 11.9. The highest BCUT2D eigenvalue weighted by molar-refractivity contribution is 6.30. The fourth-order valence-electron chi connectivity index (χ4n) is 3.23. The molecule has 2 aromatic rings. The van der Waals surface area contributed by atoms with Gasteiger partial charge in [0.1, 0.15) is 6.04 Å². The van der Waals surface area contributed by atoms with Crippen molar-refractivity contribution in [2.24, 2.45) is 5.92 Å². The highest BCUT2D eigenvalue weighted by atomic mass is 35.5. The first-order valence-corrected chi connectivity index (χ1v) is 10.5. The van der Waals surface area contributed by atoms with Gasteiger partial charge in [-0.2, -0.15) is 0 Å². The first-order chi connectivity index (χ1) is 13.8. The molecule has 2 aromatic carbocycles. The van der Waals surface area contributed by atoms with Gasteiger partial charge in [0.05, 0.1) is 6.42 Å². The maximum absolute atomic E-state index is 13.3. The van der Waals surface area contributed by atoms with Crippen molar-refractivity contribution in [1.29, 1.82) is 0 Å². The summed E-state index contributed by atoms with van der Waals surface area (Å²) in [6, 6.07) is 14.8. The molecule has 4 nitrogen and oxygen atoms in total. The van der Waals surface area contributed by atoms with Crippen LogP contribution in [-0.2, 0) is 22.6 Å². The maximum Gasteiger partial charge on any atom is 0.242 e. The fourth-order valence-corrected chi connectivity index (χ4v) is 3.35. The summed E-state index contributed by atoms with van der Waals surface area (Å²) in [7, 11) is 0. The van der Waals surface area contributed by atoms with Crippen molar-refractivity contribution in [3.8, 4) is 0 Å². The molecule has 0 unspecified atom stereocenters. The van der Waals surface area contributed by atoms with Gasteiger partial charge in [-0.05, 0) is 42.5 Å². The summed E-state index contributed by atoms with van der Waals surface area (Å²) in [5.74, 6) is 0.189. The Balaban J connectivity index is 2.25. The second kappa shape index (κ2) is 11.0. The smallest absolute Gasteiger partial charge is 0.242 e. The second-order valence-corrected chi connectivity index (χ2v) is 8.31. The molecule has 0 aromatic heterocycles. The first kappa shape index (κ1) is 23.0. The molecule has 2 amide bonds. The van der Waals surface area contributed by atoms with Gasteiger partial charge >= 0.3 is 0 Å². The van der Waals surface area contributed by atoms with Gasteiger partial charge in [0.15, 0.2) is 0 Å². The van der Waals surface area contributed by atoms with Crippen LogP contribution in [0.5, 0.6) is 0 Å². The van der Waals surface area contributed by atoms with Crippen molar-refractivity contribution < 1.29 is 9.59 Å². The van der Waals surface area contributed by atoms with Gasteiger partial charge in [0.2, 0.25) is 11.8 Å². The Morgan fingerprint density at radius 3 is 2.34 bits per heavy atom. The van der Waals surface area contributed by atoms with E-state index in [0.717, 1.165) is 16.7 Å². The predicted octanol–water partition coefficient (Wildman–Crippen LogP) is 4.77. The summed E-state index contributed by atoms with van der Waals surface area (Å²) in [5, 5.41) is 3.63. The number of carbonyl (C=O) groups excluding carboxylic acids is 2. The molecular formula is C24H31ClN2O2. The lowest BCUT2D eigenvalue weighted by molar-refractivity contribution is -0.141. The molecule has 0 fully saturated rings. The zero-order chi connectivity index (χ0) is 21.4. The number of aryl methyl sites for hydroxylation is 1. The minimum absolute atomic E-state index is 0.0582. The molecule has 0 spiro atoms. The van der Waals surface area contributed by atoms with Crippen LogP contribution < -0.4 is 5.32 Å². The Morgan fingerprint density at radius 2 is 1.76 bits per heavy atom. The Labute approximate surface area is 179 Å². The monoisotopic (exact) mass is 414 g/mol. The largest absolute Gasteiger partial charge is 0.354 e. The summed E-state index contributed by atoms with van der Waals surface area (Å²) >= 11 is 6.00. The first-order valence-electron chi connectivity index (χ1n) is 10.2. The van der Waals surface area contributed by atoms with Crippen LogP contribution in [0.25, 0.3) is 0 Å². The zero-order valence-corrected chi connectivity index (χ0v) is 18.5. The minimum Gasteiger partial charge on any atom is -0.354 e. The molecule has 0 aliphatic rings. The highest BCUT2D eigenvalue weighted by Crippen LogP contribution is 2.17. The van der Waals surface area contributed by atoms with Crippen molar-refractivity contribution in [2.45, 2.75) is 53.1 Å². The standard InChI is InChI=1S/C24H31ClN2O2/c1-5-22(24(29)26-15-17(2)3)27(16-19-9-11-21(25)12-10-19)23(28)14-20-8-6-7-18(4)13-20/h6-13,17,22H,5,14-16H2,1-4H3,(H,26,29)/t22-/m0/s1. The Morgan fingerprint density at radius 1 is 1.07 bits per heavy atom.